The van der Waals surface area contributed by atoms with Crippen molar-refractivity contribution in [3.63, 3.8) is 0 Å². The van der Waals surface area contributed by atoms with Gasteiger partial charge in [-0.05, 0) is 41.5 Å². The second-order valence-electron chi connectivity index (χ2n) is 9.33. The van der Waals surface area contributed by atoms with Crippen LogP contribution in [0.15, 0.2) is 78.6 Å². The van der Waals surface area contributed by atoms with Gasteiger partial charge in [-0.15, -0.1) is 11.3 Å². The first-order valence-electron chi connectivity index (χ1n) is 12.6. The number of anilines is 2. The maximum Gasteiger partial charge on any atom is 0.407 e. The molecule has 1 unspecified atom stereocenters. The molecule has 2 aromatic carbocycles. The molecule has 202 valence electrons. The summed E-state index contributed by atoms with van der Waals surface area (Å²) in [6.45, 7) is 2.06. The lowest BCUT2D eigenvalue weighted by atomic mass is 10.1. The molecule has 0 bridgehead atoms. The molecule has 1 saturated heterocycles. The van der Waals surface area contributed by atoms with E-state index in [1.807, 2.05) is 30.3 Å². The Hall–Kier alpha value is -4.84. The first-order chi connectivity index (χ1) is 19.4. The van der Waals surface area contributed by atoms with Gasteiger partial charge < -0.3 is 14.9 Å². The molecule has 1 aliphatic heterocycles. The van der Waals surface area contributed by atoms with Gasteiger partial charge in [0.1, 0.15) is 11.6 Å². The fourth-order valence-electron chi connectivity index (χ4n) is 4.78. The van der Waals surface area contributed by atoms with E-state index in [1.165, 1.54) is 28.4 Å². The highest BCUT2D eigenvalue weighted by atomic mass is 32.1. The summed E-state index contributed by atoms with van der Waals surface area (Å²) in [5.41, 5.74) is 2.94. The molecule has 0 radical (unpaired) electrons. The van der Waals surface area contributed by atoms with Gasteiger partial charge >= 0.3 is 6.09 Å². The Bertz CT molecular complexity index is 1670. The van der Waals surface area contributed by atoms with E-state index in [4.69, 9.17) is 10.2 Å². The zero-order chi connectivity index (χ0) is 27.6. The number of nitrogens with zero attached hydrogens (tertiary/aromatic N) is 6. The summed E-state index contributed by atoms with van der Waals surface area (Å²) in [7, 11) is 0. The summed E-state index contributed by atoms with van der Waals surface area (Å²) in [4.78, 5) is 36.7. The van der Waals surface area contributed by atoms with E-state index < -0.39 is 18.0 Å². The van der Waals surface area contributed by atoms with Crippen molar-refractivity contribution in [1.29, 1.82) is 0 Å². The molecule has 1 aliphatic rings. The molecule has 0 aliphatic carbocycles. The highest BCUT2D eigenvalue weighted by molar-refractivity contribution is 7.13. The molecule has 2 N–H and O–H groups in total. The summed E-state index contributed by atoms with van der Waals surface area (Å²) in [6, 6.07) is 14.7. The summed E-state index contributed by atoms with van der Waals surface area (Å²) in [6.07, 6.45) is 4.26. The molecule has 3 aromatic heterocycles. The SMILES string of the molecule is O=C(Nc1nccs1)C(c1cccc(F)c1)n1cc2ccc(-c3ccc(N4CCN(C(=O)O)CC4)nc3)cc2n1. The van der Waals surface area contributed by atoms with Gasteiger partial charge in [-0.1, -0.05) is 24.3 Å². The van der Waals surface area contributed by atoms with Gasteiger partial charge in [0, 0.05) is 61.1 Å². The number of piperazine rings is 1. The monoisotopic (exact) mass is 557 g/mol. The number of aromatic nitrogens is 4. The Morgan fingerprint density at radius 1 is 1.00 bits per heavy atom. The first kappa shape index (κ1) is 25.4. The Morgan fingerprint density at radius 3 is 2.52 bits per heavy atom. The largest absolute Gasteiger partial charge is 0.465 e. The molecule has 0 saturated carbocycles. The number of hydrogen-bond acceptors (Lipinski definition) is 7. The summed E-state index contributed by atoms with van der Waals surface area (Å²) >= 11 is 1.30. The number of carboxylic acid groups (broad SMARTS) is 1. The molecule has 2 amide bonds. The number of nitrogens with one attached hydrogen (secondary N) is 1. The minimum Gasteiger partial charge on any atom is -0.465 e. The zero-order valence-corrected chi connectivity index (χ0v) is 22.0. The minimum absolute atomic E-state index is 0.377. The molecule has 10 nitrogen and oxygen atoms in total. The lowest BCUT2D eigenvalue weighted by Gasteiger charge is -2.33. The van der Waals surface area contributed by atoms with Crippen molar-refractivity contribution in [3.05, 3.63) is 89.9 Å². The minimum atomic E-state index is -0.905. The molecule has 4 heterocycles. The van der Waals surface area contributed by atoms with Gasteiger partial charge in [-0.2, -0.15) is 5.10 Å². The average Bonchev–Trinajstić information content (AvgIpc) is 3.63. The van der Waals surface area contributed by atoms with Crippen molar-refractivity contribution >= 4 is 45.2 Å². The van der Waals surface area contributed by atoms with Crippen molar-refractivity contribution in [2.45, 2.75) is 6.04 Å². The van der Waals surface area contributed by atoms with Crippen LogP contribution in [0.2, 0.25) is 0 Å². The number of thiazole rings is 1. The van der Waals surface area contributed by atoms with E-state index in [0.717, 1.165) is 22.3 Å². The van der Waals surface area contributed by atoms with Crippen molar-refractivity contribution in [2.24, 2.45) is 0 Å². The molecule has 1 atom stereocenters. The number of carbonyl (C=O) groups is 2. The predicted molar refractivity (Wildman–Crippen MR) is 150 cm³/mol. The number of halogens is 1. The standard InChI is InChI=1S/C28H24FN7O3S/c29-22-3-1-2-19(14-22)25(26(37)32-27-30-8-13-40-27)36-17-21-5-4-18(15-23(21)33-36)20-6-7-24(31-16-20)34-9-11-35(12-10-34)28(38)39/h1-8,13-17,25H,9-12H2,(H,38,39)(H,30,32,37). The van der Waals surface area contributed by atoms with E-state index in [1.54, 1.807) is 40.8 Å². The van der Waals surface area contributed by atoms with Gasteiger partial charge in [0.15, 0.2) is 11.2 Å². The van der Waals surface area contributed by atoms with Crippen LogP contribution < -0.4 is 10.2 Å². The number of rotatable bonds is 6. The van der Waals surface area contributed by atoms with E-state index >= 15 is 0 Å². The maximum atomic E-state index is 14.1. The molecular formula is C28H24FN7O3S. The highest BCUT2D eigenvalue weighted by Gasteiger charge is 2.26. The molecule has 0 spiro atoms. The van der Waals surface area contributed by atoms with Gasteiger partial charge in [0.05, 0.1) is 5.52 Å². The smallest absolute Gasteiger partial charge is 0.407 e. The summed E-state index contributed by atoms with van der Waals surface area (Å²) < 4.78 is 15.7. The Kier molecular flexibility index (Phi) is 6.83. The molecule has 5 aromatic rings. The van der Waals surface area contributed by atoms with Gasteiger partial charge in [-0.25, -0.2) is 19.2 Å². The molecule has 12 heteroatoms. The van der Waals surface area contributed by atoms with Gasteiger partial charge in [0.2, 0.25) is 0 Å². The third-order valence-corrected chi connectivity index (χ3v) is 7.51. The van der Waals surface area contributed by atoms with Crippen molar-refractivity contribution in [2.75, 3.05) is 36.4 Å². The second-order valence-corrected chi connectivity index (χ2v) is 10.2. The van der Waals surface area contributed by atoms with E-state index in [9.17, 15) is 14.0 Å². The third-order valence-electron chi connectivity index (χ3n) is 6.82. The molecule has 1 fully saturated rings. The number of benzene rings is 2. The number of pyridine rings is 1. The normalized spacial score (nSPS) is 14.3. The van der Waals surface area contributed by atoms with Crippen LogP contribution in [0.5, 0.6) is 0 Å². The summed E-state index contributed by atoms with van der Waals surface area (Å²) in [5, 5.41) is 19.7. The maximum absolute atomic E-state index is 14.1. The number of fused-ring (bicyclic) bond motifs is 1. The van der Waals surface area contributed by atoms with Crippen molar-refractivity contribution in [1.82, 2.24) is 24.6 Å². The van der Waals surface area contributed by atoms with E-state index in [2.05, 4.69) is 20.2 Å². The lowest BCUT2D eigenvalue weighted by Crippen LogP contribution is -2.48. The van der Waals surface area contributed by atoms with Gasteiger partial charge in [0.25, 0.3) is 5.91 Å². The molecule has 40 heavy (non-hydrogen) atoms. The van der Waals surface area contributed by atoms with Crippen molar-refractivity contribution in [3.8, 4) is 11.1 Å². The first-order valence-corrected chi connectivity index (χ1v) is 13.5. The van der Waals surface area contributed by atoms with Crippen LogP contribution in [-0.4, -0.2) is 67.9 Å². The topological polar surface area (TPSA) is 116 Å². The van der Waals surface area contributed by atoms with Crippen LogP contribution in [0.4, 0.5) is 20.1 Å². The Labute approximate surface area is 232 Å². The fraction of sp³-hybridized carbons (Fsp3) is 0.179. The third kappa shape index (κ3) is 5.21. The van der Waals surface area contributed by atoms with Crippen molar-refractivity contribution < 1.29 is 19.1 Å². The average molecular weight is 558 g/mol. The van der Waals surface area contributed by atoms with Crippen LogP contribution in [0.1, 0.15) is 11.6 Å². The predicted octanol–water partition coefficient (Wildman–Crippen LogP) is 4.72. The fourth-order valence-corrected chi connectivity index (χ4v) is 5.31. The quantitative estimate of drug-likeness (QED) is 0.310. The zero-order valence-electron chi connectivity index (χ0n) is 21.1. The number of carbonyl (C=O) groups excluding carboxylic acids is 1. The summed E-state index contributed by atoms with van der Waals surface area (Å²) in [5.74, 6) is -0.0239. The van der Waals surface area contributed by atoms with Crippen LogP contribution in [0.3, 0.4) is 0 Å². The Morgan fingerprint density at radius 2 is 1.82 bits per heavy atom. The lowest BCUT2D eigenvalue weighted by molar-refractivity contribution is -0.118. The second kappa shape index (κ2) is 10.7. The van der Waals surface area contributed by atoms with Crippen LogP contribution >= 0.6 is 11.3 Å². The highest BCUT2D eigenvalue weighted by Crippen LogP contribution is 2.28. The van der Waals surface area contributed by atoms with E-state index in [-0.39, 0.29) is 5.91 Å². The Balaban J connectivity index is 1.26. The van der Waals surface area contributed by atoms with Crippen LogP contribution in [-0.2, 0) is 4.79 Å². The van der Waals surface area contributed by atoms with Gasteiger partial charge in [-0.3, -0.25) is 14.8 Å². The van der Waals surface area contributed by atoms with E-state index in [0.29, 0.717) is 42.4 Å². The molecular weight excluding hydrogens is 533 g/mol. The number of amides is 2. The number of hydrogen-bond donors (Lipinski definition) is 2. The van der Waals surface area contributed by atoms with Crippen LogP contribution in [0, 0.1) is 5.82 Å². The molecule has 6 rings (SSSR count). The van der Waals surface area contributed by atoms with Crippen LogP contribution in [0.25, 0.3) is 22.0 Å².